The van der Waals surface area contributed by atoms with E-state index in [9.17, 15) is 4.39 Å². The van der Waals surface area contributed by atoms with Crippen LogP contribution in [0.2, 0.25) is 0 Å². The molecule has 1 aromatic heterocycles. The quantitative estimate of drug-likeness (QED) is 0.903. The maximum absolute atomic E-state index is 13.7. The zero-order chi connectivity index (χ0) is 13.1. The second-order valence-electron chi connectivity index (χ2n) is 4.25. The number of aromatic amines is 1. The third kappa shape index (κ3) is 2.97. The van der Waals surface area contributed by atoms with Gasteiger partial charge in [0, 0.05) is 28.5 Å². The lowest BCUT2D eigenvalue weighted by molar-refractivity contribution is 0.461. The molecule has 0 radical (unpaired) electrons. The predicted octanol–water partition coefficient (Wildman–Crippen LogP) is 3.72. The van der Waals surface area contributed by atoms with Crippen molar-refractivity contribution in [2.75, 3.05) is 0 Å². The van der Waals surface area contributed by atoms with Crippen molar-refractivity contribution in [3.63, 3.8) is 0 Å². The molecule has 0 fully saturated rings. The molecule has 0 aliphatic rings. The molecule has 1 aromatic carbocycles. The number of hydrogen-bond acceptors (Lipinski definition) is 2. The Hall–Kier alpha value is -1.20. The second-order valence-corrected chi connectivity index (χ2v) is 5.17. The standard InChI is InChI=1S/C13H15BrFN3/c1-8(11-7-10(14)3-4-12(11)15)18-9(2)13-16-5-6-17-13/h3-9,18H,1-2H3,(H,16,17). The summed E-state index contributed by atoms with van der Waals surface area (Å²) in [7, 11) is 0. The van der Waals surface area contributed by atoms with Gasteiger partial charge in [0.15, 0.2) is 0 Å². The molecule has 0 amide bonds. The zero-order valence-electron chi connectivity index (χ0n) is 10.2. The maximum atomic E-state index is 13.7. The average molecular weight is 312 g/mol. The number of halogens is 2. The molecular weight excluding hydrogens is 297 g/mol. The highest BCUT2D eigenvalue weighted by Crippen LogP contribution is 2.23. The summed E-state index contributed by atoms with van der Waals surface area (Å²) in [5.41, 5.74) is 0.641. The van der Waals surface area contributed by atoms with E-state index < -0.39 is 0 Å². The summed E-state index contributed by atoms with van der Waals surface area (Å²) < 4.78 is 14.6. The van der Waals surface area contributed by atoms with Gasteiger partial charge in [-0.1, -0.05) is 15.9 Å². The Labute approximate surface area is 114 Å². The minimum atomic E-state index is -0.204. The van der Waals surface area contributed by atoms with Gasteiger partial charge in [-0.3, -0.25) is 0 Å². The highest BCUT2D eigenvalue weighted by Gasteiger charge is 2.15. The first-order valence-electron chi connectivity index (χ1n) is 5.78. The molecule has 0 spiro atoms. The van der Waals surface area contributed by atoms with Gasteiger partial charge in [0.05, 0.1) is 6.04 Å². The van der Waals surface area contributed by atoms with E-state index in [0.29, 0.717) is 5.56 Å². The van der Waals surface area contributed by atoms with Gasteiger partial charge in [0.2, 0.25) is 0 Å². The van der Waals surface area contributed by atoms with E-state index in [1.807, 2.05) is 13.8 Å². The molecule has 96 valence electrons. The van der Waals surface area contributed by atoms with Gasteiger partial charge in [-0.25, -0.2) is 9.37 Å². The lowest BCUT2D eigenvalue weighted by Crippen LogP contribution is -2.24. The number of nitrogens with zero attached hydrogens (tertiary/aromatic N) is 1. The molecule has 2 aromatic rings. The van der Waals surface area contributed by atoms with Gasteiger partial charge in [-0.05, 0) is 32.0 Å². The number of rotatable bonds is 4. The van der Waals surface area contributed by atoms with Crippen molar-refractivity contribution < 1.29 is 4.39 Å². The van der Waals surface area contributed by atoms with E-state index in [-0.39, 0.29) is 17.9 Å². The molecule has 2 unspecified atom stereocenters. The van der Waals surface area contributed by atoms with Crippen molar-refractivity contribution in [2.45, 2.75) is 25.9 Å². The summed E-state index contributed by atoms with van der Waals surface area (Å²) >= 11 is 3.36. The summed E-state index contributed by atoms with van der Waals surface area (Å²) in [5, 5.41) is 3.31. The minimum Gasteiger partial charge on any atom is -0.347 e. The largest absolute Gasteiger partial charge is 0.347 e. The topological polar surface area (TPSA) is 40.7 Å². The van der Waals surface area contributed by atoms with E-state index in [2.05, 4.69) is 31.2 Å². The normalized spacial score (nSPS) is 14.4. The summed E-state index contributed by atoms with van der Waals surface area (Å²) in [6.45, 7) is 3.93. The van der Waals surface area contributed by atoms with Crippen LogP contribution in [-0.2, 0) is 0 Å². The summed E-state index contributed by atoms with van der Waals surface area (Å²) in [6, 6.07) is 4.90. The van der Waals surface area contributed by atoms with Crippen molar-refractivity contribution in [3.8, 4) is 0 Å². The fraction of sp³-hybridized carbons (Fsp3) is 0.308. The molecule has 2 atom stereocenters. The van der Waals surface area contributed by atoms with Gasteiger partial charge in [0.1, 0.15) is 11.6 Å². The molecule has 1 heterocycles. The smallest absolute Gasteiger partial charge is 0.128 e. The van der Waals surface area contributed by atoms with Gasteiger partial charge in [-0.2, -0.15) is 0 Å². The molecule has 5 heteroatoms. The summed E-state index contributed by atoms with van der Waals surface area (Å²) in [6.07, 6.45) is 3.48. The Bertz CT molecular complexity index is 513. The molecule has 2 N–H and O–H groups in total. The number of hydrogen-bond donors (Lipinski definition) is 2. The Morgan fingerprint density at radius 1 is 1.33 bits per heavy atom. The van der Waals surface area contributed by atoms with E-state index in [1.165, 1.54) is 6.07 Å². The monoisotopic (exact) mass is 311 g/mol. The van der Waals surface area contributed by atoms with Crippen molar-refractivity contribution in [2.24, 2.45) is 0 Å². The van der Waals surface area contributed by atoms with Crippen LogP contribution in [-0.4, -0.2) is 9.97 Å². The van der Waals surface area contributed by atoms with Crippen LogP contribution in [0.15, 0.2) is 35.1 Å². The molecule has 0 aliphatic carbocycles. The van der Waals surface area contributed by atoms with Crippen LogP contribution in [0.5, 0.6) is 0 Å². The zero-order valence-corrected chi connectivity index (χ0v) is 11.8. The number of benzene rings is 1. The fourth-order valence-electron chi connectivity index (χ4n) is 1.90. The summed E-state index contributed by atoms with van der Waals surface area (Å²) in [4.78, 5) is 7.22. The third-order valence-corrected chi connectivity index (χ3v) is 3.35. The molecule has 0 saturated carbocycles. The fourth-order valence-corrected chi connectivity index (χ4v) is 2.28. The Morgan fingerprint density at radius 3 is 2.78 bits per heavy atom. The van der Waals surface area contributed by atoms with Crippen LogP contribution < -0.4 is 5.32 Å². The summed E-state index contributed by atoms with van der Waals surface area (Å²) in [5.74, 6) is 0.641. The predicted molar refractivity (Wildman–Crippen MR) is 72.7 cm³/mol. The lowest BCUT2D eigenvalue weighted by Gasteiger charge is -2.19. The van der Waals surface area contributed by atoms with Gasteiger partial charge < -0.3 is 10.3 Å². The third-order valence-electron chi connectivity index (χ3n) is 2.85. The molecule has 2 rings (SSSR count). The maximum Gasteiger partial charge on any atom is 0.128 e. The Morgan fingerprint density at radius 2 is 2.11 bits per heavy atom. The first-order valence-corrected chi connectivity index (χ1v) is 6.57. The molecular formula is C13H15BrFN3. The van der Waals surface area contributed by atoms with Crippen molar-refractivity contribution in [1.82, 2.24) is 15.3 Å². The number of imidazole rings is 1. The molecule has 0 saturated heterocycles. The van der Waals surface area contributed by atoms with Crippen LogP contribution in [0.25, 0.3) is 0 Å². The van der Waals surface area contributed by atoms with Crippen LogP contribution >= 0.6 is 15.9 Å². The van der Waals surface area contributed by atoms with Crippen molar-refractivity contribution >= 4 is 15.9 Å². The second kappa shape index (κ2) is 5.63. The minimum absolute atomic E-state index is 0.0355. The van der Waals surface area contributed by atoms with Crippen LogP contribution in [0.3, 0.4) is 0 Å². The van der Waals surface area contributed by atoms with Gasteiger partial charge in [0.25, 0.3) is 0 Å². The molecule has 3 nitrogen and oxygen atoms in total. The first kappa shape index (κ1) is 13.2. The number of aromatic nitrogens is 2. The lowest BCUT2D eigenvalue weighted by atomic mass is 10.1. The molecule has 0 aliphatic heterocycles. The Kier molecular flexibility index (Phi) is 4.14. The number of H-pyrrole nitrogens is 1. The Balaban J connectivity index is 2.12. The SMILES string of the molecule is CC(NC(C)c1cc(Br)ccc1F)c1ncc[nH]1. The van der Waals surface area contributed by atoms with Gasteiger partial charge >= 0.3 is 0 Å². The molecule has 0 bridgehead atoms. The van der Waals surface area contributed by atoms with Crippen molar-refractivity contribution in [3.05, 3.63) is 52.3 Å². The molecule has 18 heavy (non-hydrogen) atoms. The van der Waals surface area contributed by atoms with Crippen LogP contribution in [0.1, 0.15) is 37.3 Å². The van der Waals surface area contributed by atoms with Crippen LogP contribution in [0.4, 0.5) is 4.39 Å². The van der Waals surface area contributed by atoms with Crippen molar-refractivity contribution in [1.29, 1.82) is 0 Å². The van der Waals surface area contributed by atoms with E-state index in [0.717, 1.165) is 10.3 Å². The van der Waals surface area contributed by atoms with Crippen LogP contribution in [0, 0.1) is 5.82 Å². The van der Waals surface area contributed by atoms with E-state index in [1.54, 1.807) is 24.5 Å². The van der Waals surface area contributed by atoms with E-state index in [4.69, 9.17) is 0 Å². The average Bonchev–Trinajstić information content (AvgIpc) is 2.85. The first-order chi connectivity index (χ1) is 8.58. The number of nitrogens with one attached hydrogen (secondary N) is 2. The highest BCUT2D eigenvalue weighted by molar-refractivity contribution is 9.10. The highest BCUT2D eigenvalue weighted by atomic mass is 79.9. The van der Waals surface area contributed by atoms with Gasteiger partial charge in [-0.15, -0.1) is 0 Å². The van der Waals surface area contributed by atoms with E-state index >= 15 is 0 Å².